The Hall–Kier alpha value is -1.50. The number of rotatable bonds is 4. The van der Waals surface area contributed by atoms with Crippen molar-refractivity contribution in [1.29, 1.82) is 0 Å². The van der Waals surface area contributed by atoms with E-state index in [1.54, 1.807) is 6.92 Å². The number of nitrogens with zero attached hydrogens (tertiary/aromatic N) is 2. The molecule has 1 heterocycles. The summed E-state index contributed by atoms with van der Waals surface area (Å²) in [4.78, 5) is 13.8. The minimum atomic E-state index is -2.43. The number of pyridine rings is 1. The fraction of sp³-hybridized carbons (Fsp3) is 0.375. The maximum Gasteiger partial charge on any atom is 0.290 e. The maximum absolute atomic E-state index is 10.5. The van der Waals surface area contributed by atoms with Gasteiger partial charge in [0.15, 0.2) is 0 Å². The highest BCUT2D eigenvalue weighted by Gasteiger charge is 2.11. The van der Waals surface area contributed by atoms with Crippen molar-refractivity contribution in [2.24, 2.45) is 0 Å². The molecule has 0 spiro atoms. The minimum absolute atomic E-state index is 0.0135. The van der Waals surface area contributed by atoms with Gasteiger partial charge in [0.05, 0.1) is 10.7 Å². The predicted molar refractivity (Wildman–Crippen MR) is 54.5 cm³/mol. The zero-order chi connectivity index (χ0) is 11.4. The van der Waals surface area contributed by atoms with Gasteiger partial charge in [0, 0.05) is 17.7 Å². The van der Waals surface area contributed by atoms with E-state index in [2.05, 4.69) is 4.98 Å². The molecule has 0 bridgehead atoms. The molecule has 0 aliphatic heterocycles. The summed E-state index contributed by atoms with van der Waals surface area (Å²) >= 11 is 0. The molecule has 0 aromatic carbocycles. The van der Waals surface area contributed by atoms with Crippen molar-refractivity contribution in [3.05, 3.63) is 33.6 Å². The van der Waals surface area contributed by atoms with E-state index in [0.717, 1.165) is 6.20 Å². The van der Waals surface area contributed by atoms with Gasteiger partial charge in [0.25, 0.3) is 5.69 Å². The van der Waals surface area contributed by atoms with Crippen molar-refractivity contribution in [3.8, 4) is 0 Å². The van der Waals surface area contributed by atoms with E-state index in [0.29, 0.717) is 11.3 Å². The first kappa shape index (κ1) is 11.6. The average molecular weight is 230 g/mol. The van der Waals surface area contributed by atoms with Gasteiger partial charge >= 0.3 is 0 Å². The van der Waals surface area contributed by atoms with Crippen molar-refractivity contribution >= 4 is 16.4 Å². The van der Waals surface area contributed by atoms with E-state index in [-0.39, 0.29) is 17.9 Å². The second-order valence-electron chi connectivity index (χ2n) is 3.03. The van der Waals surface area contributed by atoms with Crippen LogP contribution in [0.3, 0.4) is 0 Å². The van der Waals surface area contributed by atoms with E-state index in [4.69, 9.17) is 0 Å². The summed E-state index contributed by atoms with van der Waals surface area (Å²) in [7, 11) is -2.43. The topological polar surface area (TPSA) is 90.2 Å². The minimum Gasteiger partial charge on any atom is -0.258 e. The van der Waals surface area contributed by atoms with Gasteiger partial charge in [-0.3, -0.25) is 15.1 Å². The molecule has 1 rings (SSSR count). The van der Waals surface area contributed by atoms with Gasteiger partial charge in [-0.1, -0.05) is 0 Å². The Morgan fingerprint density at radius 3 is 2.67 bits per heavy atom. The quantitative estimate of drug-likeness (QED) is 0.461. The van der Waals surface area contributed by atoms with Crippen LogP contribution in [0.2, 0.25) is 0 Å². The molecule has 1 aromatic rings. The molecular weight excluding hydrogens is 220 g/mol. The monoisotopic (exact) mass is 230 g/mol. The third-order valence-corrected chi connectivity index (χ3v) is 2.48. The number of aryl methyl sites for hydroxylation is 2. The molecule has 0 saturated heterocycles. The lowest BCUT2D eigenvalue weighted by molar-refractivity contribution is -0.385. The number of thiol groups is 1. The summed E-state index contributed by atoms with van der Waals surface area (Å²) in [6, 6.07) is 1.54. The second-order valence-corrected chi connectivity index (χ2v) is 4.14. The summed E-state index contributed by atoms with van der Waals surface area (Å²) in [5, 5.41) is 10.5. The first-order valence-corrected chi connectivity index (χ1v) is 5.58. The van der Waals surface area contributed by atoms with Crippen molar-refractivity contribution in [3.63, 3.8) is 0 Å². The van der Waals surface area contributed by atoms with Gasteiger partial charge in [-0.05, 0) is 13.0 Å². The lowest BCUT2D eigenvalue weighted by atomic mass is 10.2. The second kappa shape index (κ2) is 4.83. The van der Waals surface area contributed by atoms with Crippen LogP contribution in [-0.4, -0.2) is 24.1 Å². The van der Waals surface area contributed by atoms with Crippen LogP contribution in [0, 0.1) is 17.0 Å². The molecule has 0 atom stereocenters. The van der Waals surface area contributed by atoms with Gasteiger partial charge in [-0.25, -0.2) is 8.42 Å². The molecule has 0 amide bonds. The fourth-order valence-electron chi connectivity index (χ4n) is 1.14. The zero-order valence-electron chi connectivity index (χ0n) is 8.04. The third kappa shape index (κ3) is 3.28. The Kier molecular flexibility index (Phi) is 3.73. The number of hydrogen-bond donors (Lipinski definition) is 1. The Morgan fingerprint density at radius 1 is 1.53 bits per heavy atom. The Labute approximate surface area is 88.1 Å². The molecule has 7 heteroatoms. The Morgan fingerprint density at radius 2 is 2.20 bits per heavy atom. The van der Waals surface area contributed by atoms with Crippen molar-refractivity contribution in [2.75, 3.05) is 5.75 Å². The Bertz CT molecular complexity index is 448. The molecule has 0 saturated carbocycles. The molecule has 0 aliphatic rings. The molecule has 0 radical (unpaired) electrons. The number of aromatic nitrogens is 1. The fourth-order valence-corrected chi connectivity index (χ4v) is 1.55. The highest BCUT2D eigenvalue weighted by molar-refractivity contribution is 7.72. The molecule has 82 valence electrons. The van der Waals surface area contributed by atoms with Crippen LogP contribution in [-0.2, 0) is 17.1 Å². The smallest absolute Gasteiger partial charge is 0.258 e. The normalized spacial score (nSPS) is 10.5. The van der Waals surface area contributed by atoms with Gasteiger partial charge in [0.1, 0.15) is 16.9 Å². The highest BCUT2D eigenvalue weighted by atomic mass is 32.2. The maximum atomic E-state index is 10.5. The average Bonchev–Trinajstić information content (AvgIpc) is 2.14. The molecule has 0 unspecified atom stereocenters. The van der Waals surface area contributed by atoms with Crippen molar-refractivity contribution < 1.29 is 13.3 Å². The lowest BCUT2D eigenvalue weighted by Crippen LogP contribution is -2.00. The number of hydrogen-bond acceptors (Lipinski definition) is 5. The van der Waals surface area contributed by atoms with Gasteiger partial charge in [-0.15, -0.1) is 0 Å². The summed E-state index contributed by atoms with van der Waals surface area (Å²) in [5.74, 6) is 0.0135. The van der Waals surface area contributed by atoms with Crippen LogP contribution in [0.4, 0.5) is 5.69 Å². The van der Waals surface area contributed by atoms with Crippen LogP contribution >= 0.6 is 0 Å². The van der Waals surface area contributed by atoms with E-state index in [9.17, 15) is 18.5 Å². The predicted octanol–water partition coefficient (Wildman–Crippen LogP) is 0.452. The molecule has 15 heavy (non-hydrogen) atoms. The zero-order valence-corrected chi connectivity index (χ0v) is 8.94. The summed E-state index contributed by atoms with van der Waals surface area (Å²) < 4.78 is 20.7. The molecule has 0 N–H and O–H groups in total. The summed E-state index contributed by atoms with van der Waals surface area (Å²) in [6.45, 7) is 1.60. The van der Waals surface area contributed by atoms with E-state index >= 15 is 0 Å². The summed E-state index contributed by atoms with van der Waals surface area (Å²) in [6.07, 6.45) is 1.44. The molecule has 0 fully saturated rings. The van der Waals surface area contributed by atoms with Crippen molar-refractivity contribution in [1.82, 2.24) is 4.98 Å². The third-order valence-electron chi connectivity index (χ3n) is 1.89. The van der Waals surface area contributed by atoms with E-state index < -0.39 is 15.6 Å². The van der Waals surface area contributed by atoms with Crippen LogP contribution in [0.25, 0.3) is 0 Å². The molecule has 6 nitrogen and oxygen atoms in total. The van der Waals surface area contributed by atoms with E-state index in [1.165, 1.54) is 6.07 Å². The van der Waals surface area contributed by atoms with Crippen LogP contribution < -0.4 is 0 Å². The number of nitro groups is 1. The van der Waals surface area contributed by atoms with E-state index in [1.807, 2.05) is 0 Å². The first-order valence-electron chi connectivity index (χ1n) is 4.22. The largest absolute Gasteiger partial charge is 0.290 e. The summed E-state index contributed by atoms with van der Waals surface area (Å²) in [5.41, 5.74) is 0.994. The highest BCUT2D eigenvalue weighted by Crippen LogP contribution is 2.16. The lowest BCUT2D eigenvalue weighted by Gasteiger charge is -1.99. The Balaban J connectivity index is 2.86. The van der Waals surface area contributed by atoms with Crippen molar-refractivity contribution in [2.45, 2.75) is 13.3 Å². The van der Waals surface area contributed by atoms with Gasteiger partial charge in [0.2, 0.25) is 0 Å². The first-order chi connectivity index (χ1) is 7.00. The molecular formula is C8H10N2O4S. The van der Waals surface area contributed by atoms with Crippen LogP contribution in [0.5, 0.6) is 0 Å². The van der Waals surface area contributed by atoms with Crippen LogP contribution in [0.1, 0.15) is 11.3 Å². The van der Waals surface area contributed by atoms with Gasteiger partial charge in [-0.2, -0.15) is 0 Å². The molecule has 0 aliphatic carbocycles. The van der Waals surface area contributed by atoms with Crippen LogP contribution in [0.15, 0.2) is 12.3 Å². The standard InChI is InChI=1S/C8H10N2O4S/c1-6-4-7(2-3-15(13)14)9-5-8(6)10(11)12/h4-5,15H,2-3H2,1H3. The molecule has 1 aromatic heterocycles. The van der Waals surface area contributed by atoms with Gasteiger partial charge < -0.3 is 0 Å². The SMILES string of the molecule is Cc1cc(CC[SH](=O)=O)ncc1[N+](=O)[O-].